The second kappa shape index (κ2) is 5.55. The van der Waals surface area contributed by atoms with E-state index in [1.54, 1.807) is 0 Å². The monoisotopic (exact) mass is 303 g/mol. The molecule has 0 aliphatic heterocycles. The van der Waals surface area contributed by atoms with Gasteiger partial charge in [-0.3, -0.25) is 0 Å². The minimum atomic E-state index is -5.16. The molecule has 1 fully saturated rings. The van der Waals surface area contributed by atoms with Crippen molar-refractivity contribution < 1.29 is 27.8 Å². The van der Waals surface area contributed by atoms with Gasteiger partial charge in [0.1, 0.15) is 0 Å². The second-order valence-corrected chi connectivity index (χ2v) is 5.10. The molecule has 21 heavy (non-hydrogen) atoms. The van der Waals surface area contributed by atoms with E-state index in [0.717, 1.165) is 38.6 Å². The zero-order chi connectivity index (χ0) is 15.7. The van der Waals surface area contributed by atoms with E-state index < -0.39 is 23.3 Å². The highest BCUT2D eigenvalue weighted by Gasteiger charge is 2.62. The number of carbonyl (C=O) groups excluding carboxylic acids is 1. The molecule has 0 saturated heterocycles. The normalized spacial score (nSPS) is 18.0. The molecule has 0 aromatic heterocycles. The molecule has 1 aromatic carbocycles. The van der Waals surface area contributed by atoms with Crippen LogP contribution in [0, 0.1) is 5.92 Å². The van der Waals surface area contributed by atoms with E-state index in [0.29, 0.717) is 11.6 Å². The molecule has 1 atom stereocenters. The first-order chi connectivity index (χ1) is 9.79. The summed E-state index contributed by atoms with van der Waals surface area (Å²) in [4.78, 5) is 11.4. The molecule has 1 aliphatic carbocycles. The zero-order valence-corrected chi connectivity index (χ0v) is 11.4. The molecule has 2 rings (SSSR count). The van der Waals surface area contributed by atoms with Crippen LogP contribution in [0.4, 0.5) is 18.9 Å². The molecule has 7 heteroatoms. The topological polar surface area (TPSA) is 58.6 Å². The highest BCUT2D eigenvalue weighted by atomic mass is 19.4. The summed E-state index contributed by atoms with van der Waals surface area (Å²) >= 11 is 0. The average Bonchev–Trinajstić information content (AvgIpc) is 3.27. The molecule has 0 bridgehead atoms. The number of esters is 1. The number of rotatable bonds is 5. The molecule has 116 valence electrons. The van der Waals surface area contributed by atoms with Crippen LogP contribution >= 0.6 is 0 Å². The lowest BCUT2D eigenvalue weighted by Crippen LogP contribution is -2.49. The molecular formula is C14H16F3NO3. The summed E-state index contributed by atoms with van der Waals surface area (Å²) in [5, 5.41) is 12.9. The van der Waals surface area contributed by atoms with Crippen LogP contribution in [0.15, 0.2) is 24.3 Å². The molecule has 0 amide bonds. The number of methoxy groups -OCH3 is 1. The van der Waals surface area contributed by atoms with Gasteiger partial charge in [-0.15, -0.1) is 0 Å². The summed E-state index contributed by atoms with van der Waals surface area (Å²) in [5.41, 5.74) is -3.59. The van der Waals surface area contributed by atoms with Crippen LogP contribution in [0.1, 0.15) is 18.4 Å². The Bertz CT molecular complexity index is 511. The maximum atomic E-state index is 13.0. The Morgan fingerprint density at radius 2 is 1.90 bits per heavy atom. The molecule has 1 saturated carbocycles. The highest BCUT2D eigenvalue weighted by Crippen LogP contribution is 2.40. The first kappa shape index (κ1) is 15.6. The lowest BCUT2D eigenvalue weighted by molar-refractivity contribution is -0.266. The second-order valence-electron chi connectivity index (χ2n) is 5.10. The summed E-state index contributed by atoms with van der Waals surface area (Å²) in [7, 11) is 0.796. The predicted octanol–water partition coefficient (Wildman–Crippen LogP) is 2.43. The summed E-state index contributed by atoms with van der Waals surface area (Å²) in [5.74, 6) is -1.14. The van der Waals surface area contributed by atoms with Crippen molar-refractivity contribution in [3.8, 4) is 0 Å². The molecule has 0 spiro atoms. The Morgan fingerprint density at radius 1 is 1.33 bits per heavy atom. The fourth-order valence-corrected chi connectivity index (χ4v) is 1.96. The Balaban J connectivity index is 2.21. The predicted molar refractivity (Wildman–Crippen MR) is 69.6 cm³/mol. The van der Waals surface area contributed by atoms with Gasteiger partial charge >= 0.3 is 12.1 Å². The third kappa shape index (κ3) is 3.12. The van der Waals surface area contributed by atoms with Gasteiger partial charge < -0.3 is 15.2 Å². The SMILES string of the molecule is COC(=O)C(O)(c1ccc(NCC2CC2)cc1)C(F)(F)F. The van der Waals surface area contributed by atoms with Crippen LogP contribution in [0.25, 0.3) is 0 Å². The Morgan fingerprint density at radius 3 is 2.33 bits per heavy atom. The van der Waals surface area contributed by atoms with Gasteiger partial charge in [-0.1, -0.05) is 12.1 Å². The first-order valence-corrected chi connectivity index (χ1v) is 6.51. The minimum absolute atomic E-state index is 0.571. The molecule has 1 unspecified atom stereocenters. The van der Waals surface area contributed by atoms with E-state index >= 15 is 0 Å². The van der Waals surface area contributed by atoms with E-state index in [-0.39, 0.29) is 0 Å². The Labute approximate surface area is 119 Å². The van der Waals surface area contributed by atoms with Crippen molar-refractivity contribution in [1.29, 1.82) is 0 Å². The van der Waals surface area contributed by atoms with E-state index in [9.17, 15) is 23.1 Å². The van der Waals surface area contributed by atoms with Crippen molar-refractivity contribution >= 4 is 11.7 Å². The quantitative estimate of drug-likeness (QED) is 0.820. The number of aliphatic hydroxyl groups is 1. The fraction of sp³-hybridized carbons (Fsp3) is 0.500. The van der Waals surface area contributed by atoms with Gasteiger partial charge in [0.15, 0.2) is 0 Å². The number of halogens is 3. The van der Waals surface area contributed by atoms with E-state index in [2.05, 4.69) is 10.1 Å². The van der Waals surface area contributed by atoms with Crippen LogP contribution in [-0.2, 0) is 15.1 Å². The Kier molecular flexibility index (Phi) is 4.13. The van der Waals surface area contributed by atoms with E-state index in [1.165, 1.54) is 12.1 Å². The number of alkyl halides is 3. The van der Waals surface area contributed by atoms with Crippen molar-refractivity contribution in [2.45, 2.75) is 24.6 Å². The average molecular weight is 303 g/mol. The molecule has 2 N–H and O–H groups in total. The molecular weight excluding hydrogens is 287 g/mol. The standard InChI is InChI=1S/C14H16F3NO3/c1-21-12(19)13(20,14(15,16)17)10-4-6-11(7-5-10)18-8-9-2-3-9/h4-7,9,18,20H,2-3,8H2,1H3. The maximum absolute atomic E-state index is 13.0. The fourth-order valence-electron chi connectivity index (χ4n) is 1.96. The third-order valence-corrected chi connectivity index (χ3v) is 3.49. The van der Waals surface area contributed by atoms with Crippen molar-refractivity contribution in [2.24, 2.45) is 5.92 Å². The van der Waals surface area contributed by atoms with Gasteiger partial charge in [0.05, 0.1) is 7.11 Å². The van der Waals surface area contributed by atoms with Crippen molar-refractivity contribution in [1.82, 2.24) is 0 Å². The number of nitrogens with one attached hydrogen (secondary N) is 1. The van der Waals surface area contributed by atoms with Gasteiger partial charge in [0, 0.05) is 17.8 Å². The van der Waals surface area contributed by atoms with Crippen molar-refractivity contribution in [2.75, 3.05) is 19.0 Å². The van der Waals surface area contributed by atoms with E-state index in [4.69, 9.17) is 0 Å². The molecule has 4 nitrogen and oxygen atoms in total. The number of hydrogen-bond acceptors (Lipinski definition) is 4. The Hall–Kier alpha value is -1.76. The van der Waals surface area contributed by atoms with Crippen molar-refractivity contribution in [3.63, 3.8) is 0 Å². The lowest BCUT2D eigenvalue weighted by Gasteiger charge is -2.28. The van der Waals surface area contributed by atoms with Gasteiger partial charge in [-0.05, 0) is 30.9 Å². The van der Waals surface area contributed by atoms with Crippen LogP contribution in [0.2, 0.25) is 0 Å². The summed E-state index contributed by atoms with van der Waals surface area (Å²) < 4.78 is 43.2. The summed E-state index contributed by atoms with van der Waals surface area (Å²) in [6.45, 7) is 0.764. The van der Waals surface area contributed by atoms with Crippen LogP contribution in [0.5, 0.6) is 0 Å². The third-order valence-electron chi connectivity index (χ3n) is 3.49. The number of hydrogen-bond donors (Lipinski definition) is 2. The van der Waals surface area contributed by atoms with Gasteiger partial charge in [-0.2, -0.15) is 13.2 Å². The summed E-state index contributed by atoms with van der Waals surface area (Å²) in [6.07, 6.45) is -2.86. The van der Waals surface area contributed by atoms with Gasteiger partial charge in [0.2, 0.25) is 0 Å². The highest BCUT2D eigenvalue weighted by molar-refractivity contribution is 5.82. The number of ether oxygens (including phenoxy) is 1. The zero-order valence-electron chi connectivity index (χ0n) is 11.4. The number of benzene rings is 1. The molecule has 0 heterocycles. The number of carbonyl (C=O) groups is 1. The molecule has 0 radical (unpaired) electrons. The van der Waals surface area contributed by atoms with Gasteiger partial charge in [0.25, 0.3) is 5.60 Å². The van der Waals surface area contributed by atoms with E-state index in [1.807, 2.05) is 0 Å². The number of anilines is 1. The minimum Gasteiger partial charge on any atom is -0.466 e. The summed E-state index contributed by atoms with van der Waals surface area (Å²) in [6, 6.07) is 4.94. The van der Waals surface area contributed by atoms with Gasteiger partial charge in [-0.25, -0.2) is 4.79 Å². The maximum Gasteiger partial charge on any atom is 0.432 e. The van der Waals surface area contributed by atoms with Crippen LogP contribution in [-0.4, -0.2) is 30.9 Å². The first-order valence-electron chi connectivity index (χ1n) is 6.51. The van der Waals surface area contributed by atoms with Crippen LogP contribution < -0.4 is 5.32 Å². The smallest absolute Gasteiger partial charge is 0.432 e. The molecule has 1 aliphatic rings. The van der Waals surface area contributed by atoms with Crippen molar-refractivity contribution in [3.05, 3.63) is 29.8 Å². The lowest BCUT2D eigenvalue weighted by atomic mass is 9.93. The van der Waals surface area contributed by atoms with Crippen LogP contribution in [0.3, 0.4) is 0 Å². The largest absolute Gasteiger partial charge is 0.466 e. The molecule has 1 aromatic rings.